The number of halogens is 2. The zero-order valence-corrected chi connectivity index (χ0v) is 20.3. The average molecular weight is 511 g/mol. The molecular weight excluding hydrogens is 491 g/mol. The maximum absolute atomic E-state index is 13.5. The molecule has 1 amide bonds. The summed E-state index contributed by atoms with van der Waals surface area (Å²) in [5, 5.41) is 5.81. The molecule has 1 aliphatic carbocycles. The largest absolute Gasteiger partial charge is 0.324 e. The number of sulfonamides is 1. The molecule has 34 heavy (non-hydrogen) atoms. The summed E-state index contributed by atoms with van der Waals surface area (Å²) in [4.78, 5) is 13.2. The SMILES string of the molecule is O=C(CN(c1cccc(Cl)c1)S(=O)(=O)c1ccc(Cl)cc1)Nc1ccc2c3c(cccc13)CC2. The van der Waals surface area contributed by atoms with Gasteiger partial charge >= 0.3 is 0 Å². The molecule has 5 rings (SSSR count). The van der Waals surface area contributed by atoms with Gasteiger partial charge in [0, 0.05) is 21.1 Å². The van der Waals surface area contributed by atoms with Crippen LogP contribution in [0.25, 0.3) is 10.8 Å². The highest BCUT2D eigenvalue weighted by Crippen LogP contribution is 2.35. The maximum atomic E-state index is 13.5. The van der Waals surface area contributed by atoms with E-state index in [2.05, 4.69) is 11.4 Å². The second-order valence-corrected chi connectivity index (χ2v) is 10.8. The first-order valence-electron chi connectivity index (χ1n) is 10.7. The number of anilines is 2. The van der Waals surface area contributed by atoms with Crippen molar-refractivity contribution in [1.82, 2.24) is 0 Å². The molecule has 4 aromatic rings. The van der Waals surface area contributed by atoms with Gasteiger partial charge in [0.2, 0.25) is 5.91 Å². The minimum atomic E-state index is -4.07. The van der Waals surface area contributed by atoms with Crippen molar-refractivity contribution >= 4 is 61.3 Å². The molecule has 0 spiro atoms. The van der Waals surface area contributed by atoms with Crippen LogP contribution in [0.2, 0.25) is 10.0 Å². The van der Waals surface area contributed by atoms with Crippen LogP contribution in [0, 0.1) is 0 Å². The standard InChI is InChI=1S/C26H20Cl2N2O3S/c27-19-10-12-22(13-11-19)34(32,33)30(21-5-2-4-20(28)15-21)16-25(31)29-24-14-9-18-8-7-17-3-1-6-23(24)26(17)18/h1-6,9-15H,7-8,16H2,(H,29,31). The summed E-state index contributed by atoms with van der Waals surface area (Å²) in [6.45, 7) is -0.422. The molecule has 0 aromatic heterocycles. The summed E-state index contributed by atoms with van der Waals surface area (Å²) in [6, 6.07) is 22.2. The summed E-state index contributed by atoms with van der Waals surface area (Å²) in [5.41, 5.74) is 3.46. The number of aryl methyl sites for hydroxylation is 2. The van der Waals surface area contributed by atoms with E-state index in [0.29, 0.717) is 15.7 Å². The molecule has 0 unspecified atom stereocenters. The summed E-state index contributed by atoms with van der Waals surface area (Å²) < 4.78 is 28.1. The zero-order chi connectivity index (χ0) is 23.9. The van der Waals surface area contributed by atoms with Crippen LogP contribution < -0.4 is 9.62 Å². The fourth-order valence-corrected chi connectivity index (χ4v) is 6.08. The molecule has 172 valence electrons. The Hall–Kier alpha value is -3.06. The van der Waals surface area contributed by atoms with Crippen LogP contribution in [-0.2, 0) is 27.7 Å². The third-order valence-corrected chi connectivity index (χ3v) is 8.21. The second-order valence-electron chi connectivity index (χ2n) is 8.11. The van der Waals surface area contributed by atoms with Crippen molar-refractivity contribution in [2.75, 3.05) is 16.2 Å². The van der Waals surface area contributed by atoms with Gasteiger partial charge in [-0.2, -0.15) is 0 Å². The van der Waals surface area contributed by atoms with Gasteiger partial charge in [0.25, 0.3) is 10.0 Å². The van der Waals surface area contributed by atoms with Crippen molar-refractivity contribution in [2.24, 2.45) is 0 Å². The second kappa shape index (κ2) is 8.95. The lowest BCUT2D eigenvalue weighted by molar-refractivity contribution is -0.114. The number of benzene rings is 4. The molecule has 1 aliphatic rings. The van der Waals surface area contributed by atoms with Crippen LogP contribution in [0.15, 0.2) is 83.8 Å². The lowest BCUT2D eigenvalue weighted by Crippen LogP contribution is -2.38. The van der Waals surface area contributed by atoms with Gasteiger partial charge in [-0.05, 0) is 77.9 Å². The molecule has 0 fully saturated rings. The van der Waals surface area contributed by atoms with Crippen molar-refractivity contribution in [3.63, 3.8) is 0 Å². The molecule has 0 aliphatic heterocycles. The van der Waals surface area contributed by atoms with Gasteiger partial charge in [0.05, 0.1) is 10.6 Å². The number of hydrogen-bond donors (Lipinski definition) is 1. The van der Waals surface area contributed by atoms with E-state index in [1.54, 1.807) is 18.2 Å². The van der Waals surface area contributed by atoms with E-state index in [1.165, 1.54) is 46.8 Å². The summed E-state index contributed by atoms with van der Waals surface area (Å²) in [7, 11) is -4.07. The Morgan fingerprint density at radius 1 is 0.853 bits per heavy atom. The van der Waals surface area contributed by atoms with Gasteiger partial charge < -0.3 is 5.32 Å². The summed E-state index contributed by atoms with van der Waals surface area (Å²) in [6.07, 6.45) is 1.96. The molecule has 0 atom stereocenters. The molecule has 4 aromatic carbocycles. The van der Waals surface area contributed by atoms with Crippen LogP contribution in [0.5, 0.6) is 0 Å². The molecule has 8 heteroatoms. The highest BCUT2D eigenvalue weighted by atomic mass is 35.5. The van der Waals surface area contributed by atoms with Crippen LogP contribution in [0.4, 0.5) is 11.4 Å². The van der Waals surface area contributed by atoms with E-state index < -0.39 is 22.5 Å². The van der Waals surface area contributed by atoms with Gasteiger partial charge in [-0.3, -0.25) is 9.10 Å². The molecule has 0 saturated carbocycles. The van der Waals surface area contributed by atoms with Crippen molar-refractivity contribution in [2.45, 2.75) is 17.7 Å². The predicted molar refractivity (Wildman–Crippen MR) is 137 cm³/mol. The molecule has 0 saturated heterocycles. The van der Waals surface area contributed by atoms with Crippen molar-refractivity contribution in [3.05, 3.63) is 100 Å². The zero-order valence-electron chi connectivity index (χ0n) is 18.0. The highest BCUT2D eigenvalue weighted by Gasteiger charge is 2.28. The molecule has 0 bridgehead atoms. The van der Waals surface area contributed by atoms with E-state index in [0.717, 1.165) is 22.5 Å². The number of rotatable bonds is 6. The summed E-state index contributed by atoms with van der Waals surface area (Å²) >= 11 is 12.1. The van der Waals surface area contributed by atoms with E-state index >= 15 is 0 Å². The number of hydrogen-bond acceptors (Lipinski definition) is 3. The van der Waals surface area contributed by atoms with E-state index in [-0.39, 0.29) is 10.6 Å². The van der Waals surface area contributed by atoms with Gasteiger partial charge in [-0.25, -0.2) is 8.42 Å². The van der Waals surface area contributed by atoms with Crippen LogP contribution in [0.3, 0.4) is 0 Å². The number of nitrogens with zero attached hydrogens (tertiary/aromatic N) is 1. The normalized spacial score (nSPS) is 12.6. The number of amides is 1. The topological polar surface area (TPSA) is 66.5 Å². The number of nitrogens with one attached hydrogen (secondary N) is 1. The third-order valence-electron chi connectivity index (χ3n) is 5.94. The highest BCUT2D eigenvalue weighted by molar-refractivity contribution is 7.92. The summed E-state index contributed by atoms with van der Waals surface area (Å²) in [5.74, 6) is -0.462. The number of carbonyl (C=O) groups is 1. The minimum Gasteiger partial charge on any atom is -0.324 e. The Kier molecular flexibility index (Phi) is 5.98. The Labute approximate surface area is 208 Å². The molecule has 0 heterocycles. The first-order valence-corrected chi connectivity index (χ1v) is 12.9. The quantitative estimate of drug-likeness (QED) is 0.341. The molecular formula is C26H20Cl2N2O3S. The van der Waals surface area contributed by atoms with Gasteiger partial charge in [0.15, 0.2) is 0 Å². The van der Waals surface area contributed by atoms with Crippen LogP contribution >= 0.6 is 23.2 Å². The van der Waals surface area contributed by atoms with Crippen molar-refractivity contribution in [3.8, 4) is 0 Å². The predicted octanol–water partition coefficient (Wildman–Crippen LogP) is 6.08. The van der Waals surface area contributed by atoms with Gasteiger partial charge in [-0.1, -0.05) is 53.5 Å². The molecule has 5 nitrogen and oxygen atoms in total. The van der Waals surface area contributed by atoms with Crippen LogP contribution in [-0.4, -0.2) is 20.9 Å². The third kappa shape index (κ3) is 4.25. The van der Waals surface area contributed by atoms with Gasteiger partial charge in [-0.15, -0.1) is 0 Å². The average Bonchev–Trinajstić information content (AvgIpc) is 3.24. The van der Waals surface area contributed by atoms with Gasteiger partial charge in [0.1, 0.15) is 6.54 Å². The first-order chi connectivity index (χ1) is 16.3. The Morgan fingerprint density at radius 2 is 1.56 bits per heavy atom. The van der Waals surface area contributed by atoms with E-state index in [4.69, 9.17) is 23.2 Å². The Morgan fingerprint density at radius 3 is 2.29 bits per heavy atom. The lowest BCUT2D eigenvalue weighted by Gasteiger charge is -2.24. The first kappa shape index (κ1) is 22.7. The van der Waals surface area contributed by atoms with E-state index in [1.807, 2.05) is 24.3 Å². The fraction of sp³-hybridized carbons (Fsp3) is 0.115. The van der Waals surface area contributed by atoms with Crippen molar-refractivity contribution in [1.29, 1.82) is 0 Å². The van der Waals surface area contributed by atoms with E-state index in [9.17, 15) is 13.2 Å². The monoisotopic (exact) mass is 510 g/mol. The number of carbonyl (C=O) groups excluding carboxylic acids is 1. The fourth-order valence-electron chi connectivity index (χ4n) is 4.36. The Balaban J connectivity index is 1.49. The Bertz CT molecular complexity index is 1510. The molecule has 0 radical (unpaired) electrons. The minimum absolute atomic E-state index is 0.0232. The lowest BCUT2D eigenvalue weighted by atomic mass is 10.0. The van der Waals surface area contributed by atoms with Crippen LogP contribution in [0.1, 0.15) is 11.1 Å². The van der Waals surface area contributed by atoms with Crippen molar-refractivity contribution < 1.29 is 13.2 Å². The smallest absolute Gasteiger partial charge is 0.264 e. The maximum Gasteiger partial charge on any atom is 0.264 e. The molecule has 1 N–H and O–H groups in total.